The van der Waals surface area contributed by atoms with Gasteiger partial charge in [0.1, 0.15) is 0 Å². The van der Waals surface area contributed by atoms with E-state index >= 15 is 0 Å². The summed E-state index contributed by atoms with van der Waals surface area (Å²) in [5.74, 6) is 0. The lowest BCUT2D eigenvalue weighted by Gasteiger charge is -2.21. The highest BCUT2D eigenvalue weighted by Gasteiger charge is 2.30. The molecule has 21 heavy (non-hydrogen) atoms. The van der Waals surface area contributed by atoms with Crippen LogP contribution in [0.3, 0.4) is 0 Å². The van der Waals surface area contributed by atoms with Gasteiger partial charge in [0.2, 0.25) is 0 Å². The fourth-order valence-corrected chi connectivity index (χ4v) is 2.01. The molecule has 0 unspecified atom stereocenters. The molecule has 2 aromatic rings. The van der Waals surface area contributed by atoms with Gasteiger partial charge < -0.3 is 5.11 Å². The quantitative estimate of drug-likeness (QED) is 0.889. The summed E-state index contributed by atoms with van der Waals surface area (Å²) in [6.07, 6.45) is -2.59. The number of benzene rings is 1. The van der Waals surface area contributed by atoms with Crippen LogP contribution in [0, 0.1) is 0 Å². The summed E-state index contributed by atoms with van der Waals surface area (Å²) in [5, 5.41) is 13.1. The molecule has 0 aliphatic carbocycles. The standard InChI is InChI=1S/C14H16F3N3O/c15-14(16,17)11-19(8-9-21)10-12-6-7-20(18-12)13-4-2-1-3-5-13/h1-7,21H,8-11H2. The molecule has 0 radical (unpaired) electrons. The normalized spacial score (nSPS) is 12.0. The van der Waals surface area contributed by atoms with E-state index in [9.17, 15) is 13.2 Å². The Morgan fingerprint density at radius 1 is 1.14 bits per heavy atom. The number of aliphatic hydroxyl groups excluding tert-OH is 1. The fourth-order valence-electron chi connectivity index (χ4n) is 2.01. The van der Waals surface area contributed by atoms with Gasteiger partial charge in [-0.05, 0) is 18.2 Å². The molecule has 4 nitrogen and oxygen atoms in total. The minimum absolute atomic E-state index is 0.0416. The fraction of sp³-hybridized carbons (Fsp3) is 0.357. The van der Waals surface area contributed by atoms with E-state index in [-0.39, 0.29) is 19.7 Å². The number of nitrogens with zero attached hydrogens (tertiary/aromatic N) is 3. The Bertz CT molecular complexity index is 554. The Kier molecular flexibility index (Phi) is 4.98. The van der Waals surface area contributed by atoms with Crippen LogP contribution in [0.5, 0.6) is 0 Å². The maximum Gasteiger partial charge on any atom is 0.401 e. The largest absolute Gasteiger partial charge is 0.401 e. The lowest BCUT2D eigenvalue weighted by atomic mass is 10.3. The SMILES string of the molecule is OCCN(Cc1ccn(-c2ccccc2)n1)CC(F)(F)F. The van der Waals surface area contributed by atoms with Crippen LogP contribution in [0.2, 0.25) is 0 Å². The van der Waals surface area contributed by atoms with Crippen LogP contribution >= 0.6 is 0 Å². The molecule has 2 rings (SSSR count). The van der Waals surface area contributed by atoms with Gasteiger partial charge in [-0.1, -0.05) is 18.2 Å². The smallest absolute Gasteiger partial charge is 0.395 e. The second kappa shape index (κ2) is 6.73. The first kappa shape index (κ1) is 15.5. The van der Waals surface area contributed by atoms with E-state index in [2.05, 4.69) is 5.10 Å². The van der Waals surface area contributed by atoms with Crippen molar-refractivity contribution in [2.75, 3.05) is 19.7 Å². The minimum atomic E-state index is -4.29. The zero-order valence-corrected chi connectivity index (χ0v) is 11.3. The van der Waals surface area contributed by atoms with Gasteiger partial charge in [-0.2, -0.15) is 18.3 Å². The van der Waals surface area contributed by atoms with Crippen LogP contribution in [-0.4, -0.2) is 45.7 Å². The highest BCUT2D eigenvalue weighted by molar-refractivity contribution is 5.30. The summed E-state index contributed by atoms with van der Waals surface area (Å²) in [7, 11) is 0. The first-order valence-electron chi connectivity index (χ1n) is 6.48. The summed E-state index contributed by atoms with van der Waals surface area (Å²) >= 11 is 0. The number of hydrogen-bond acceptors (Lipinski definition) is 3. The topological polar surface area (TPSA) is 41.3 Å². The number of aromatic nitrogens is 2. The van der Waals surface area contributed by atoms with Gasteiger partial charge >= 0.3 is 6.18 Å². The van der Waals surface area contributed by atoms with E-state index in [1.54, 1.807) is 16.9 Å². The van der Waals surface area contributed by atoms with Gasteiger partial charge in [-0.25, -0.2) is 4.68 Å². The van der Waals surface area contributed by atoms with E-state index in [1.807, 2.05) is 30.3 Å². The monoisotopic (exact) mass is 299 g/mol. The third-order valence-electron chi connectivity index (χ3n) is 2.87. The molecule has 0 amide bonds. The van der Waals surface area contributed by atoms with Crippen LogP contribution in [0.15, 0.2) is 42.6 Å². The molecule has 7 heteroatoms. The van der Waals surface area contributed by atoms with Crippen molar-refractivity contribution in [1.82, 2.24) is 14.7 Å². The van der Waals surface area contributed by atoms with Crippen molar-refractivity contribution in [3.05, 3.63) is 48.3 Å². The van der Waals surface area contributed by atoms with Crippen LogP contribution in [0.4, 0.5) is 13.2 Å². The molecule has 0 fully saturated rings. The van der Waals surface area contributed by atoms with Crippen LogP contribution in [0.25, 0.3) is 5.69 Å². The van der Waals surface area contributed by atoms with Crippen LogP contribution in [-0.2, 0) is 6.54 Å². The molecule has 114 valence electrons. The minimum Gasteiger partial charge on any atom is -0.395 e. The third kappa shape index (κ3) is 4.87. The molecule has 0 atom stereocenters. The molecular weight excluding hydrogens is 283 g/mol. The predicted octanol–water partition coefficient (Wildman–Crippen LogP) is 2.23. The molecule has 0 saturated carbocycles. The average Bonchev–Trinajstić information content (AvgIpc) is 2.87. The molecule has 1 N–H and O–H groups in total. The van der Waals surface area contributed by atoms with E-state index < -0.39 is 12.7 Å². The van der Waals surface area contributed by atoms with Crippen molar-refractivity contribution >= 4 is 0 Å². The van der Waals surface area contributed by atoms with Gasteiger partial charge in [-0.3, -0.25) is 4.90 Å². The van der Waals surface area contributed by atoms with Crippen molar-refractivity contribution in [2.45, 2.75) is 12.7 Å². The molecule has 0 bridgehead atoms. The van der Waals surface area contributed by atoms with Gasteiger partial charge in [0, 0.05) is 19.3 Å². The number of rotatable bonds is 6. The Balaban J connectivity index is 2.06. The lowest BCUT2D eigenvalue weighted by molar-refractivity contribution is -0.148. The first-order valence-corrected chi connectivity index (χ1v) is 6.48. The Morgan fingerprint density at radius 3 is 2.48 bits per heavy atom. The molecule has 0 aliphatic heterocycles. The number of hydrogen-bond donors (Lipinski definition) is 1. The van der Waals surface area contributed by atoms with Crippen molar-refractivity contribution in [3.63, 3.8) is 0 Å². The molecule has 1 aromatic carbocycles. The molecular formula is C14H16F3N3O. The van der Waals surface area contributed by atoms with E-state index in [0.29, 0.717) is 5.69 Å². The number of aliphatic hydroxyl groups is 1. The van der Waals surface area contributed by atoms with Gasteiger partial charge in [0.05, 0.1) is 24.5 Å². The number of halogens is 3. The predicted molar refractivity (Wildman–Crippen MR) is 72.0 cm³/mol. The Hall–Kier alpha value is -1.86. The summed E-state index contributed by atoms with van der Waals surface area (Å²) in [5.41, 5.74) is 1.37. The van der Waals surface area contributed by atoms with Crippen LogP contribution in [0.1, 0.15) is 5.69 Å². The highest BCUT2D eigenvalue weighted by Crippen LogP contribution is 2.18. The van der Waals surface area contributed by atoms with E-state index in [4.69, 9.17) is 5.11 Å². The molecule has 1 aromatic heterocycles. The number of para-hydroxylation sites is 1. The average molecular weight is 299 g/mol. The van der Waals surface area contributed by atoms with E-state index in [0.717, 1.165) is 10.6 Å². The van der Waals surface area contributed by atoms with Gasteiger partial charge in [0.15, 0.2) is 0 Å². The maximum atomic E-state index is 12.5. The van der Waals surface area contributed by atoms with Crippen molar-refractivity contribution in [2.24, 2.45) is 0 Å². The molecule has 0 aliphatic rings. The zero-order valence-electron chi connectivity index (χ0n) is 11.3. The Morgan fingerprint density at radius 2 is 1.86 bits per heavy atom. The maximum absolute atomic E-state index is 12.5. The molecule has 0 saturated heterocycles. The second-order valence-corrected chi connectivity index (χ2v) is 4.64. The summed E-state index contributed by atoms with van der Waals surface area (Å²) in [4.78, 5) is 1.12. The zero-order chi connectivity index (χ0) is 15.3. The first-order chi connectivity index (χ1) is 9.98. The second-order valence-electron chi connectivity index (χ2n) is 4.64. The molecule has 0 spiro atoms. The summed E-state index contributed by atoms with van der Waals surface area (Å²) in [6, 6.07) is 11.0. The van der Waals surface area contributed by atoms with E-state index in [1.165, 1.54) is 0 Å². The van der Waals surface area contributed by atoms with Gasteiger partial charge in [0.25, 0.3) is 0 Å². The Labute approximate surface area is 120 Å². The number of alkyl halides is 3. The highest BCUT2D eigenvalue weighted by atomic mass is 19.4. The summed E-state index contributed by atoms with van der Waals surface area (Å²) in [6.45, 7) is -1.39. The van der Waals surface area contributed by atoms with Crippen molar-refractivity contribution < 1.29 is 18.3 Å². The third-order valence-corrected chi connectivity index (χ3v) is 2.87. The van der Waals surface area contributed by atoms with Crippen molar-refractivity contribution in [1.29, 1.82) is 0 Å². The van der Waals surface area contributed by atoms with Crippen LogP contribution < -0.4 is 0 Å². The summed E-state index contributed by atoms with van der Waals surface area (Å²) < 4.78 is 39.0. The molecule has 1 heterocycles. The van der Waals surface area contributed by atoms with Gasteiger partial charge in [-0.15, -0.1) is 0 Å². The van der Waals surface area contributed by atoms with Crippen molar-refractivity contribution in [3.8, 4) is 5.69 Å². The lowest BCUT2D eigenvalue weighted by Crippen LogP contribution is -2.35.